The molecule has 0 bridgehead atoms. The Balaban J connectivity index is 1.86. The molecule has 1 fully saturated rings. The summed E-state index contributed by atoms with van der Waals surface area (Å²) < 4.78 is 0. The molecular weight excluding hydrogens is 250 g/mol. The Bertz CT molecular complexity index is 523. The summed E-state index contributed by atoms with van der Waals surface area (Å²) in [5.74, 6) is 0. The normalized spacial score (nSPS) is 15.4. The molecule has 1 saturated heterocycles. The van der Waals surface area contributed by atoms with Crippen molar-refractivity contribution < 1.29 is 4.79 Å². The largest absolute Gasteiger partial charge is 0.363 e. The van der Waals surface area contributed by atoms with E-state index in [1.807, 2.05) is 23.5 Å². The average molecular weight is 263 g/mol. The predicted molar refractivity (Wildman–Crippen MR) is 74.5 cm³/mol. The highest BCUT2D eigenvalue weighted by Crippen LogP contribution is 2.37. The highest BCUT2D eigenvalue weighted by atomic mass is 32.1. The quantitative estimate of drug-likeness (QED) is 0.783. The first kappa shape index (κ1) is 11.0. The highest BCUT2D eigenvalue weighted by Gasteiger charge is 2.15. The molecule has 17 heavy (non-hydrogen) atoms. The summed E-state index contributed by atoms with van der Waals surface area (Å²) in [5, 5.41) is 1.36. The molecule has 0 aromatic carbocycles. The second kappa shape index (κ2) is 4.63. The molecule has 3 heterocycles. The molecule has 0 aliphatic carbocycles. The van der Waals surface area contributed by atoms with E-state index in [2.05, 4.69) is 17.0 Å². The number of rotatable bonds is 3. The van der Waals surface area contributed by atoms with Gasteiger partial charge in [0.25, 0.3) is 0 Å². The van der Waals surface area contributed by atoms with Crippen LogP contribution in [0.3, 0.4) is 0 Å². The highest BCUT2D eigenvalue weighted by molar-refractivity contribution is 7.24. The Morgan fingerprint density at radius 1 is 1.00 bits per heavy atom. The molecule has 2 aromatic heterocycles. The van der Waals surface area contributed by atoms with Crippen LogP contribution in [0, 0.1) is 0 Å². The Hall–Kier alpha value is -1.13. The molecule has 4 heteroatoms. The van der Waals surface area contributed by atoms with Crippen LogP contribution in [0.25, 0.3) is 9.75 Å². The molecule has 0 radical (unpaired) electrons. The molecule has 0 unspecified atom stereocenters. The maximum Gasteiger partial charge on any atom is 0.160 e. The lowest BCUT2D eigenvalue weighted by atomic mass is 10.4. The van der Waals surface area contributed by atoms with Crippen LogP contribution in [0.1, 0.15) is 22.5 Å². The van der Waals surface area contributed by atoms with Gasteiger partial charge >= 0.3 is 0 Å². The molecule has 1 aliphatic rings. The lowest BCUT2D eigenvalue weighted by molar-refractivity contribution is 0.112. The average Bonchev–Trinajstić information content (AvgIpc) is 3.09. The van der Waals surface area contributed by atoms with Crippen LogP contribution in [0.4, 0.5) is 5.00 Å². The van der Waals surface area contributed by atoms with Crippen molar-refractivity contribution in [3.8, 4) is 9.75 Å². The van der Waals surface area contributed by atoms with Gasteiger partial charge in [0.15, 0.2) is 6.29 Å². The Labute approximate surface area is 109 Å². The maximum absolute atomic E-state index is 10.7. The second-order valence-electron chi connectivity index (χ2n) is 4.15. The Morgan fingerprint density at radius 2 is 1.71 bits per heavy atom. The number of thiophene rings is 2. The molecule has 2 aromatic rings. The first-order chi connectivity index (χ1) is 8.36. The van der Waals surface area contributed by atoms with Gasteiger partial charge in [-0.05, 0) is 37.1 Å². The smallest absolute Gasteiger partial charge is 0.160 e. The van der Waals surface area contributed by atoms with Crippen molar-refractivity contribution in [3.63, 3.8) is 0 Å². The summed E-state index contributed by atoms with van der Waals surface area (Å²) in [6.45, 7) is 2.37. The van der Waals surface area contributed by atoms with Crippen LogP contribution in [0.2, 0.25) is 0 Å². The van der Waals surface area contributed by atoms with Gasteiger partial charge < -0.3 is 4.90 Å². The third kappa shape index (κ3) is 2.15. The fraction of sp³-hybridized carbons (Fsp3) is 0.308. The van der Waals surface area contributed by atoms with Gasteiger partial charge in [0.05, 0.1) is 9.88 Å². The Morgan fingerprint density at radius 3 is 2.41 bits per heavy atom. The van der Waals surface area contributed by atoms with E-state index in [1.54, 1.807) is 11.3 Å². The monoisotopic (exact) mass is 263 g/mol. The molecule has 3 rings (SSSR count). The summed E-state index contributed by atoms with van der Waals surface area (Å²) in [7, 11) is 0. The van der Waals surface area contributed by atoms with Gasteiger partial charge in [0.1, 0.15) is 0 Å². The predicted octanol–water partition coefficient (Wildman–Crippen LogP) is 3.89. The fourth-order valence-corrected chi connectivity index (χ4v) is 4.09. The van der Waals surface area contributed by atoms with Crippen molar-refractivity contribution in [1.29, 1.82) is 0 Å². The van der Waals surface area contributed by atoms with Crippen molar-refractivity contribution in [1.82, 2.24) is 0 Å². The van der Waals surface area contributed by atoms with Crippen LogP contribution in [-0.4, -0.2) is 19.4 Å². The topological polar surface area (TPSA) is 20.3 Å². The number of hydrogen-bond donors (Lipinski definition) is 0. The number of carbonyl (C=O) groups excluding carboxylic acids is 1. The van der Waals surface area contributed by atoms with Crippen molar-refractivity contribution in [2.75, 3.05) is 18.0 Å². The van der Waals surface area contributed by atoms with Gasteiger partial charge in [-0.3, -0.25) is 4.79 Å². The van der Waals surface area contributed by atoms with E-state index in [1.165, 1.54) is 40.7 Å². The van der Waals surface area contributed by atoms with E-state index < -0.39 is 0 Å². The maximum atomic E-state index is 10.7. The van der Waals surface area contributed by atoms with Crippen LogP contribution in [0.5, 0.6) is 0 Å². The minimum Gasteiger partial charge on any atom is -0.363 e. The third-order valence-electron chi connectivity index (χ3n) is 3.00. The molecule has 2 nitrogen and oxygen atoms in total. The number of nitrogens with zero attached hydrogens (tertiary/aromatic N) is 1. The molecule has 0 amide bonds. The van der Waals surface area contributed by atoms with Crippen molar-refractivity contribution in [2.45, 2.75) is 12.8 Å². The minimum absolute atomic E-state index is 0.802. The summed E-state index contributed by atoms with van der Waals surface area (Å²) in [6.07, 6.45) is 3.53. The molecular formula is C13H13NOS2. The van der Waals surface area contributed by atoms with Gasteiger partial charge in [0.2, 0.25) is 0 Å². The molecule has 0 saturated carbocycles. The lowest BCUT2D eigenvalue weighted by Crippen LogP contribution is -2.15. The van der Waals surface area contributed by atoms with Gasteiger partial charge in [-0.2, -0.15) is 0 Å². The number of carbonyl (C=O) groups is 1. The van der Waals surface area contributed by atoms with Crippen LogP contribution in [-0.2, 0) is 0 Å². The van der Waals surface area contributed by atoms with Crippen LogP contribution in [0.15, 0.2) is 24.3 Å². The summed E-state index contributed by atoms with van der Waals surface area (Å²) in [4.78, 5) is 16.4. The van der Waals surface area contributed by atoms with Crippen LogP contribution >= 0.6 is 22.7 Å². The van der Waals surface area contributed by atoms with Gasteiger partial charge in [-0.1, -0.05) is 0 Å². The number of hydrogen-bond acceptors (Lipinski definition) is 4. The van der Waals surface area contributed by atoms with Crippen molar-refractivity contribution in [3.05, 3.63) is 29.1 Å². The van der Waals surface area contributed by atoms with Crippen molar-refractivity contribution >= 4 is 34.0 Å². The third-order valence-corrected chi connectivity index (χ3v) is 5.35. The first-order valence-corrected chi connectivity index (χ1v) is 7.40. The molecule has 0 spiro atoms. The molecule has 88 valence electrons. The Kier molecular flexibility index (Phi) is 2.99. The van der Waals surface area contributed by atoms with Crippen molar-refractivity contribution in [2.24, 2.45) is 0 Å². The minimum atomic E-state index is 0.802. The fourth-order valence-electron chi connectivity index (χ4n) is 2.12. The summed E-state index contributed by atoms with van der Waals surface area (Å²) in [5.41, 5.74) is 0. The first-order valence-electron chi connectivity index (χ1n) is 5.77. The molecule has 0 atom stereocenters. The van der Waals surface area contributed by atoms with E-state index in [0.717, 1.165) is 11.2 Å². The zero-order valence-corrected chi connectivity index (χ0v) is 11.0. The number of aldehydes is 1. The molecule has 1 aliphatic heterocycles. The van der Waals surface area contributed by atoms with E-state index in [4.69, 9.17) is 0 Å². The van der Waals surface area contributed by atoms with Gasteiger partial charge in [-0.25, -0.2) is 0 Å². The zero-order chi connectivity index (χ0) is 11.7. The second-order valence-corrected chi connectivity index (χ2v) is 6.33. The van der Waals surface area contributed by atoms with Gasteiger partial charge in [0, 0.05) is 22.8 Å². The van der Waals surface area contributed by atoms with Crippen LogP contribution < -0.4 is 4.90 Å². The van der Waals surface area contributed by atoms with E-state index in [-0.39, 0.29) is 0 Å². The van der Waals surface area contributed by atoms with E-state index >= 15 is 0 Å². The van der Waals surface area contributed by atoms with Gasteiger partial charge in [-0.15, -0.1) is 22.7 Å². The van der Waals surface area contributed by atoms with E-state index in [9.17, 15) is 4.79 Å². The molecule has 0 N–H and O–H groups in total. The standard InChI is InChI=1S/C13H13NOS2/c15-9-10-3-4-11(16-10)12-5-6-13(17-12)14-7-1-2-8-14/h3-6,9H,1-2,7-8H2. The zero-order valence-electron chi connectivity index (χ0n) is 9.39. The summed E-state index contributed by atoms with van der Waals surface area (Å²) in [6, 6.07) is 8.29. The van der Waals surface area contributed by atoms with E-state index in [0.29, 0.717) is 0 Å². The SMILES string of the molecule is O=Cc1ccc(-c2ccc(N3CCCC3)s2)s1. The lowest BCUT2D eigenvalue weighted by Gasteiger charge is -2.13. The summed E-state index contributed by atoms with van der Waals surface area (Å²) >= 11 is 3.39. The number of anilines is 1.